The van der Waals surface area contributed by atoms with Gasteiger partial charge in [0.2, 0.25) is 0 Å². The monoisotopic (exact) mass is 244 g/mol. The number of benzene rings is 1. The van der Waals surface area contributed by atoms with Crippen molar-refractivity contribution in [3.63, 3.8) is 0 Å². The van der Waals surface area contributed by atoms with E-state index >= 15 is 0 Å². The number of halogens is 2. The molecule has 0 radical (unpaired) electrons. The van der Waals surface area contributed by atoms with Crippen LogP contribution in [0.15, 0.2) is 18.2 Å². The summed E-state index contributed by atoms with van der Waals surface area (Å²) in [6.45, 7) is 1.84. The molecule has 0 heterocycles. The van der Waals surface area contributed by atoms with Crippen LogP contribution in [0.4, 0.5) is 0 Å². The minimum absolute atomic E-state index is 0.505. The first-order valence-corrected chi connectivity index (χ1v) is 5.92. The van der Waals surface area contributed by atoms with Crippen LogP contribution in [0.2, 0.25) is 10.0 Å². The summed E-state index contributed by atoms with van der Waals surface area (Å²) < 4.78 is 0. The van der Waals surface area contributed by atoms with Gasteiger partial charge in [-0.05, 0) is 37.0 Å². The summed E-state index contributed by atoms with van der Waals surface area (Å²) in [5.74, 6) is 0.675. The normalized spacial score (nSPS) is 20.0. The molecular formula is C12H14Cl2O. The molecule has 0 bridgehead atoms. The van der Waals surface area contributed by atoms with E-state index in [1.807, 2.05) is 13.0 Å². The van der Waals surface area contributed by atoms with Gasteiger partial charge in [-0.15, -0.1) is 0 Å². The summed E-state index contributed by atoms with van der Waals surface area (Å²) in [6.07, 6.45) is 3.28. The van der Waals surface area contributed by atoms with Crippen molar-refractivity contribution in [3.8, 4) is 0 Å². The molecule has 1 aliphatic rings. The van der Waals surface area contributed by atoms with Crippen LogP contribution in [0.1, 0.15) is 31.7 Å². The molecule has 1 aromatic rings. The van der Waals surface area contributed by atoms with Crippen molar-refractivity contribution >= 4 is 23.2 Å². The smallest absolute Gasteiger partial charge is 0.0871 e. The Labute approximate surface area is 100 Å². The van der Waals surface area contributed by atoms with Crippen LogP contribution in [0.25, 0.3) is 0 Å². The fraction of sp³-hybridized carbons (Fsp3) is 0.500. The Balaban J connectivity index is 2.22. The fourth-order valence-electron chi connectivity index (χ4n) is 1.83. The molecule has 1 fully saturated rings. The Hall–Kier alpha value is -0.240. The Morgan fingerprint density at radius 1 is 1.33 bits per heavy atom. The first kappa shape index (κ1) is 11.3. The second-order valence-electron chi connectivity index (χ2n) is 4.55. The van der Waals surface area contributed by atoms with Gasteiger partial charge >= 0.3 is 0 Å². The lowest BCUT2D eigenvalue weighted by Crippen LogP contribution is -2.21. The van der Waals surface area contributed by atoms with Crippen molar-refractivity contribution in [2.24, 2.45) is 5.92 Å². The molecule has 1 aliphatic carbocycles. The van der Waals surface area contributed by atoms with E-state index in [1.54, 1.807) is 12.1 Å². The van der Waals surface area contributed by atoms with Gasteiger partial charge in [-0.2, -0.15) is 0 Å². The van der Waals surface area contributed by atoms with Gasteiger partial charge in [0.25, 0.3) is 0 Å². The van der Waals surface area contributed by atoms with Crippen LogP contribution in [-0.2, 0) is 5.60 Å². The lowest BCUT2D eigenvalue weighted by molar-refractivity contribution is 0.0418. The van der Waals surface area contributed by atoms with E-state index in [2.05, 4.69) is 0 Å². The van der Waals surface area contributed by atoms with Crippen LogP contribution < -0.4 is 0 Å². The summed E-state index contributed by atoms with van der Waals surface area (Å²) in [5, 5.41) is 11.3. The molecule has 0 spiro atoms. The molecule has 1 saturated carbocycles. The molecule has 1 atom stereocenters. The van der Waals surface area contributed by atoms with Crippen LogP contribution in [0.5, 0.6) is 0 Å². The molecular weight excluding hydrogens is 231 g/mol. The molecule has 0 aliphatic heterocycles. The van der Waals surface area contributed by atoms with Crippen LogP contribution in [0, 0.1) is 5.92 Å². The highest BCUT2D eigenvalue weighted by Gasteiger charge is 2.33. The third-order valence-electron chi connectivity index (χ3n) is 2.92. The second kappa shape index (κ2) is 3.97. The third-order valence-corrected chi connectivity index (χ3v) is 3.66. The predicted octanol–water partition coefficient (Wildman–Crippen LogP) is 4.00. The van der Waals surface area contributed by atoms with E-state index in [-0.39, 0.29) is 0 Å². The van der Waals surface area contributed by atoms with E-state index in [4.69, 9.17) is 23.2 Å². The van der Waals surface area contributed by atoms with Crippen LogP contribution >= 0.6 is 23.2 Å². The number of aliphatic hydroxyl groups is 1. The van der Waals surface area contributed by atoms with Crippen molar-refractivity contribution in [3.05, 3.63) is 33.8 Å². The maximum Gasteiger partial charge on any atom is 0.0871 e. The first-order chi connectivity index (χ1) is 6.99. The van der Waals surface area contributed by atoms with Crippen molar-refractivity contribution in [2.45, 2.75) is 31.8 Å². The van der Waals surface area contributed by atoms with Gasteiger partial charge in [0.1, 0.15) is 0 Å². The Morgan fingerprint density at radius 2 is 2.00 bits per heavy atom. The van der Waals surface area contributed by atoms with Gasteiger partial charge in [0.15, 0.2) is 0 Å². The maximum atomic E-state index is 10.3. The highest BCUT2D eigenvalue weighted by atomic mass is 35.5. The van der Waals surface area contributed by atoms with Crippen molar-refractivity contribution < 1.29 is 5.11 Å². The lowest BCUT2D eigenvalue weighted by atomic mass is 9.90. The van der Waals surface area contributed by atoms with Crippen molar-refractivity contribution in [1.82, 2.24) is 0 Å². The molecule has 1 N–H and O–H groups in total. The molecule has 0 amide bonds. The zero-order valence-electron chi connectivity index (χ0n) is 8.63. The molecule has 0 aromatic heterocycles. The van der Waals surface area contributed by atoms with Crippen LogP contribution in [-0.4, -0.2) is 5.11 Å². The number of rotatable bonds is 3. The zero-order chi connectivity index (χ0) is 11.1. The molecule has 2 rings (SSSR count). The van der Waals surface area contributed by atoms with E-state index in [0.717, 1.165) is 12.0 Å². The van der Waals surface area contributed by atoms with Gasteiger partial charge in [-0.3, -0.25) is 0 Å². The average molecular weight is 245 g/mol. The minimum atomic E-state index is -0.782. The fourth-order valence-corrected chi connectivity index (χ4v) is 2.13. The van der Waals surface area contributed by atoms with E-state index < -0.39 is 5.60 Å². The van der Waals surface area contributed by atoms with Crippen LogP contribution in [0.3, 0.4) is 0 Å². The Bertz CT molecular complexity index is 370. The highest BCUT2D eigenvalue weighted by molar-refractivity contribution is 6.42. The Morgan fingerprint density at radius 3 is 2.53 bits per heavy atom. The topological polar surface area (TPSA) is 20.2 Å². The maximum absolute atomic E-state index is 10.3. The highest BCUT2D eigenvalue weighted by Crippen LogP contribution is 2.41. The molecule has 3 heteroatoms. The molecule has 1 aromatic carbocycles. The molecule has 15 heavy (non-hydrogen) atoms. The lowest BCUT2D eigenvalue weighted by Gasteiger charge is -2.24. The number of hydrogen-bond acceptors (Lipinski definition) is 1. The van der Waals surface area contributed by atoms with Crippen molar-refractivity contribution in [2.75, 3.05) is 0 Å². The first-order valence-electron chi connectivity index (χ1n) is 5.17. The van der Waals surface area contributed by atoms with E-state index in [1.165, 1.54) is 12.8 Å². The zero-order valence-corrected chi connectivity index (χ0v) is 10.1. The summed E-state index contributed by atoms with van der Waals surface area (Å²) >= 11 is 11.8. The molecule has 0 saturated heterocycles. The Kier molecular flexibility index (Phi) is 2.98. The average Bonchev–Trinajstić information content (AvgIpc) is 2.92. The summed E-state index contributed by atoms with van der Waals surface area (Å²) in [4.78, 5) is 0. The SMILES string of the molecule is CC(O)(CC1CC1)c1ccc(Cl)c(Cl)c1. The summed E-state index contributed by atoms with van der Waals surface area (Å²) in [6, 6.07) is 5.34. The van der Waals surface area contributed by atoms with Gasteiger partial charge in [0, 0.05) is 0 Å². The predicted molar refractivity (Wildman–Crippen MR) is 63.4 cm³/mol. The molecule has 1 nitrogen and oxygen atoms in total. The van der Waals surface area contributed by atoms with Gasteiger partial charge in [-0.1, -0.05) is 42.1 Å². The standard InChI is InChI=1S/C12H14Cl2O/c1-12(15,7-8-2-3-8)9-4-5-10(13)11(14)6-9/h4-6,8,15H,2-3,7H2,1H3. The van der Waals surface area contributed by atoms with Crippen molar-refractivity contribution in [1.29, 1.82) is 0 Å². The summed E-state index contributed by atoms with van der Waals surface area (Å²) in [7, 11) is 0. The number of hydrogen-bond donors (Lipinski definition) is 1. The quantitative estimate of drug-likeness (QED) is 0.853. The minimum Gasteiger partial charge on any atom is -0.385 e. The van der Waals surface area contributed by atoms with Gasteiger partial charge in [0.05, 0.1) is 15.6 Å². The summed E-state index contributed by atoms with van der Waals surface area (Å²) in [5.41, 5.74) is 0.0684. The molecule has 1 unspecified atom stereocenters. The third kappa shape index (κ3) is 2.66. The van der Waals surface area contributed by atoms with E-state index in [0.29, 0.717) is 16.0 Å². The van der Waals surface area contributed by atoms with E-state index in [9.17, 15) is 5.11 Å². The second-order valence-corrected chi connectivity index (χ2v) is 5.36. The molecule has 82 valence electrons. The van der Waals surface area contributed by atoms with Gasteiger partial charge in [-0.25, -0.2) is 0 Å². The largest absolute Gasteiger partial charge is 0.385 e. The van der Waals surface area contributed by atoms with Gasteiger partial charge < -0.3 is 5.11 Å².